The third kappa shape index (κ3) is 3.05. The SMILES string of the molecule is COc1ccccc1SCc1cccc(N)c1C(=O)O. The van der Waals surface area contributed by atoms with Crippen LogP contribution in [-0.4, -0.2) is 18.2 Å². The Balaban J connectivity index is 2.23. The van der Waals surface area contributed by atoms with Gasteiger partial charge >= 0.3 is 5.97 Å². The van der Waals surface area contributed by atoms with E-state index in [1.807, 2.05) is 24.3 Å². The van der Waals surface area contributed by atoms with Crippen LogP contribution >= 0.6 is 11.8 Å². The van der Waals surface area contributed by atoms with Crippen LogP contribution in [0.1, 0.15) is 15.9 Å². The standard InChI is InChI=1S/C15H15NO3S/c1-19-12-7-2-3-8-13(12)20-9-10-5-4-6-11(16)14(10)15(17)18/h2-8H,9,16H2,1H3,(H,17,18). The van der Waals surface area contributed by atoms with Gasteiger partial charge in [0, 0.05) is 16.3 Å². The minimum atomic E-state index is -1.00. The second kappa shape index (κ2) is 6.34. The van der Waals surface area contributed by atoms with Gasteiger partial charge in [0.05, 0.1) is 12.7 Å². The monoisotopic (exact) mass is 289 g/mol. The molecule has 2 aromatic rings. The average Bonchev–Trinajstić information content (AvgIpc) is 2.45. The Hall–Kier alpha value is -2.14. The Labute approximate surface area is 121 Å². The fourth-order valence-corrected chi connectivity index (χ4v) is 2.91. The number of carboxylic acid groups (broad SMARTS) is 1. The molecule has 5 heteroatoms. The molecule has 2 aromatic carbocycles. The lowest BCUT2D eigenvalue weighted by atomic mass is 10.1. The van der Waals surface area contributed by atoms with Crippen LogP contribution in [0.15, 0.2) is 47.4 Å². The van der Waals surface area contributed by atoms with E-state index >= 15 is 0 Å². The fraction of sp³-hybridized carbons (Fsp3) is 0.133. The summed E-state index contributed by atoms with van der Waals surface area (Å²) in [6, 6.07) is 12.8. The molecule has 0 bridgehead atoms. The number of carbonyl (C=O) groups is 1. The molecule has 0 aliphatic heterocycles. The number of nitrogen functional groups attached to an aromatic ring is 1. The molecule has 0 radical (unpaired) electrons. The highest BCUT2D eigenvalue weighted by atomic mass is 32.2. The minimum absolute atomic E-state index is 0.176. The van der Waals surface area contributed by atoms with Crippen LogP contribution < -0.4 is 10.5 Å². The number of nitrogens with two attached hydrogens (primary N) is 1. The number of carboxylic acids is 1. The molecule has 4 nitrogen and oxygen atoms in total. The van der Waals surface area contributed by atoms with Crippen LogP contribution in [0.4, 0.5) is 5.69 Å². The van der Waals surface area contributed by atoms with E-state index in [9.17, 15) is 9.90 Å². The Bertz CT molecular complexity index is 628. The highest BCUT2D eigenvalue weighted by Crippen LogP contribution is 2.32. The van der Waals surface area contributed by atoms with E-state index in [0.717, 1.165) is 10.6 Å². The van der Waals surface area contributed by atoms with Gasteiger partial charge in [-0.1, -0.05) is 24.3 Å². The van der Waals surface area contributed by atoms with Gasteiger partial charge in [-0.15, -0.1) is 11.8 Å². The summed E-state index contributed by atoms with van der Waals surface area (Å²) in [5, 5.41) is 9.23. The smallest absolute Gasteiger partial charge is 0.338 e. The van der Waals surface area contributed by atoms with Gasteiger partial charge in [-0.25, -0.2) is 4.79 Å². The van der Waals surface area contributed by atoms with E-state index in [0.29, 0.717) is 11.3 Å². The summed E-state index contributed by atoms with van der Waals surface area (Å²) < 4.78 is 5.27. The van der Waals surface area contributed by atoms with E-state index in [-0.39, 0.29) is 11.3 Å². The molecule has 0 aromatic heterocycles. The van der Waals surface area contributed by atoms with Crippen molar-refractivity contribution in [2.24, 2.45) is 0 Å². The molecule has 0 saturated carbocycles. The molecule has 0 atom stereocenters. The van der Waals surface area contributed by atoms with Crippen molar-refractivity contribution in [3.63, 3.8) is 0 Å². The molecule has 0 amide bonds. The molecular weight excluding hydrogens is 274 g/mol. The van der Waals surface area contributed by atoms with Crippen molar-refractivity contribution < 1.29 is 14.6 Å². The van der Waals surface area contributed by atoms with Gasteiger partial charge in [-0.2, -0.15) is 0 Å². The third-order valence-corrected chi connectivity index (χ3v) is 3.95. The van der Waals surface area contributed by atoms with Gasteiger partial charge in [-0.05, 0) is 23.8 Å². The summed E-state index contributed by atoms with van der Waals surface area (Å²) in [7, 11) is 1.61. The minimum Gasteiger partial charge on any atom is -0.496 e. The average molecular weight is 289 g/mol. The third-order valence-electron chi connectivity index (χ3n) is 2.85. The Morgan fingerprint density at radius 2 is 2.00 bits per heavy atom. The lowest BCUT2D eigenvalue weighted by molar-refractivity contribution is 0.0697. The number of ether oxygens (including phenoxy) is 1. The van der Waals surface area contributed by atoms with Gasteiger partial charge in [0.25, 0.3) is 0 Å². The van der Waals surface area contributed by atoms with Crippen molar-refractivity contribution in [3.05, 3.63) is 53.6 Å². The molecule has 0 heterocycles. The second-order valence-corrected chi connectivity index (χ2v) is 5.14. The summed E-state index contributed by atoms with van der Waals surface area (Å²) in [6.07, 6.45) is 0. The number of benzene rings is 2. The number of thioether (sulfide) groups is 1. The predicted molar refractivity (Wildman–Crippen MR) is 80.4 cm³/mol. The van der Waals surface area contributed by atoms with Crippen LogP contribution in [0.25, 0.3) is 0 Å². The molecule has 20 heavy (non-hydrogen) atoms. The molecular formula is C15H15NO3S. The quantitative estimate of drug-likeness (QED) is 0.653. The predicted octanol–water partition coefficient (Wildman–Crippen LogP) is 3.27. The Morgan fingerprint density at radius 3 is 2.70 bits per heavy atom. The highest BCUT2D eigenvalue weighted by molar-refractivity contribution is 7.98. The number of methoxy groups -OCH3 is 1. The summed E-state index contributed by atoms with van der Waals surface area (Å²) in [6.45, 7) is 0. The molecule has 0 aliphatic rings. The van der Waals surface area contributed by atoms with Crippen LogP contribution in [0, 0.1) is 0 Å². The summed E-state index contributed by atoms with van der Waals surface area (Å²) in [4.78, 5) is 12.2. The van der Waals surface area contributed by atoms with E-state index in [1.54, 1.807) is 25.3 Å². The lowest BCUT2D eigenvalue weighted by Crippen LogP contribution is -2.06. The van der Waals surface area contributed by atoms with Crippen LogP contribution in [0.5, 0.6) is 5.75 Å². The van der Waals surface area contributed by atoms with Crippen LogP contribution in [0.3, 0.4) is 0 Å². The topological polar surface area (TPSA) is 72.5 Å². The fourth-order valence-electron chi connectivity index (χ4n) is 1.89. The van der Waals surface area contributed by atoms with Gasteiger partial charge in [-0.3, -0.25) is 0 Å². The molecule has 0 spiro atoms. The maximum atomic E-state index is 11.3. The zero-order valence-corrected chi connectivity index (χ0v) is 11.8. The summed E-state index contributed by atoms with van der Waals surface area (Å²) >= 11 is 1.52. The first kappa shape index (κ1) is 14.3. The number of hydrogen-bond acceptors (Lipinski definition) is 4. The van der Waals surface area contributed by atoms with E-state index in [4.69, 9.17) is 10.5 Å². The van der Waals surface area contributed by atoms with Gasteiger partial charge in [0.1, 0.15) is 5.75 Å². The highest BCUT2D eigenvalue weighted by Gasteiger charge is 2.14. The number of anilines is 1. The molecule has 3 N–H and O–H groups in total. The maximum absolute atomic E-state index is 11.3. The molecule has 0 aliphatic carbocycles. The van der Waals surface area contributed by atoms with Crippen LogP contribution in [-0.2, 0) is 5.75 Å². The zero-order valence-electron chi connectivity index (χ0n) is 11.0. The number of para-hydroxylation sites is 1. The lowest BCUT2D eigenvalue weighted by Gasteiger charge is -2.10. The van der Waals surface area contributed by atoms with E-state index in [1.165, 1.54) is 11.8 Å². The van der Waals surface area contributed by atoms with Gasteiger partial charge < -0.3 is 15.6 Å². The largest absolute Gasteiger partial charge is 0.496 e. The number of hydrogen-bond donors (Lipinski definition) is 2. The first-order chi connectivity index (χ1) is 9.63. The van der Waals surface area contributed by atoms with E-state index < -0.39 is 5.97 Å². The molecule has 2 rings (SSSR count). The van der Waals surface area contributed by atoms with Gasteiger partial charge in [0.2, 0.25) is 0 Å². The maximum Gasteiger partial charge on any atom is 0.338 e. The molecule has 0 unspecified atom stereocenters. The Morgan fingerprint density at radius 1 is 1.25 bits per heavy atom. The summed E-state index contributed by atoms with van der Waals surface area (Å²) in [5.74, 6) is 0.296. The van der Waals surface area contributed by atoms with E-state index in [2.05, 4.69) is 0 Å². The first-order valence-electron chi connectivity index (χ1n) is 6.00. The second-order valence-electron chi connectivity index (χ2n) is 4.13. The van der Waals surface area contributed by atoms with Crippen molar-refractivity contribution in [1.29, 1.82) is 0 Å². The van der Waals surface area contributed by atoms with Crippen molar-refractivity contribution in [3.8, 4) is 5.75 Å². The first-order valence-corrected chi connectivity index (χ1v) is 6.98. The zero-order chi connectivity index (χ0) is 14.5. The van der Waals surface area contributed by atoms with Gasteiger partial charge in [0.15, 0.2) is 0 Å². The van der Waals surface area contributed by atoms with Crippen molar-refractivity contribution in [1.82, 2.24) is 0 Å². The molecule has 104 valence electrons. The van der Waals surface area contributed by atoms with Crippen molar-refractivity contribution in [2.45, 2.75) is 10.6 Å². The van der Waals surface area contributed by atoms with Crippen LogP contribution in [0.2, 0.25) is 0 Å². The number of rotatable bonds is 5. The number of aromatic carboxylic acids is 1. The molecule has 0 saturated heterocycles. The van der Waals surface area contributed by atoms with Crippen molar-refractivity contribution in [2.75, 3.05) is 12.8 Å². The van der Waals surface area contributed by atoms with Crippen molar-refractivity contribution >= 4 is 23.4 Å². The normalized spacial score (nSPS) is 10.2. The Kier molecular flexibility index (Phi) is 4.53. The summed E-state index contributed by atoms with van der Waals surface area (Å²) in [5.41, 5.74) is 6.90. The molecule has 0 fully saturated rings.